The van der Waals surface area contributed by atoms with Crippen LogP contribution in [0.1, 0.15) is 18.9 Å². The van der Waals surface area contributed by atoms with Crippen molar-refractivity contribution in [1.29, 1.82) is 0 Å². The minimum absolute atomic E-state index is 0.0543. The molecular weight excluding hydrogens is 302 g/mol. The van der Waals surface area contributed by atoms with Crippen LogP contribution < -0.4 is 5.32 Å². The van der Waals surface area contributed by atoms with Gasteiger partial charge in [0.25, 0.3) is 0 Å². The molecule has 0 unspecified atom stereocenters. The van der Waals surface area contributed by atoms with E-state index in [0.717, 1.165) is 17.3 Å². The topological polar surface area (TPSA) is 72.5 Å². The standard InChI is InChI=1S/C16H19NO4S/c1-12(18)22-11-14(10-13-6-4-3-5-7-13)16(20)17-9-8-15(19)21-2/h3-7,10H,8-9,11H2,1-2H3,(H,17,20). The van der Waals surface area contributed by atoms with E-state index in [1.165, 1.54) is 14.0 Å². The van der Waals surface area contributed by atoms with E-state index >= 15 is 0 Å². The largest absolute Gasteiger partial charge is 0.469 e. The summed E-state index contributed by atoms with van der Waals surface area (Å²) in [5.74, 6) is -0.387. The average molecular weight is 321 g/mol. The molecule has 0 aromatic heterocycles. The molecule has 0 bridgehead atoms. The minimum Gasteiger partial charge on any atom is -0.469 e. The van der Waals surface area contributed by atoms with Gasteiger partial charge in [0.15, 0.2) is 5.12 Å². The van der Waals surface area contributed by atoms with Gasteiger partial charge < -0.3 is 10.1 Å². The number of hydrogen-bond donors (Lipinski definition) is 1. The summed E-state index contributed by atoms with van der Waals surface area (Å²) in [7, 11) is 1.30. The first-order valence-corrected chi connectivity index (χ1v) is 7.75. The van der Waals surface area contributed by atoms with E-state index in [2.05, 4.69) is 10.1 Å². The summed E-state index contributed by atoms with van der Waals surface area (Å²) in [6, 6.07) is 9.38. The summed E-state index contributed by atoms with van der Waals surface area (Å²) in [6.07, 6.45) is 1.85. The zero-order valence-corrected chi connectivity index (χ0v) is 13.4. The SMILES string of the molecule is COC(=O)CCNC(=O)C(=Cc1ccccc1)CSC(C)=O. The Kier molecular flexibility index (Phi) is 7.99. The highest BCUT2D eigenvalue weighted by Crippen LogP contribution is 2.13. The van der Waals surface area contributed by atoms with Crippen molar-refractivity contribution in [2.75, 3.05) is 19.4 Å². The third-order valence-corrected chi connectivity index (χ3v) is 3.57. The molecule has 6 heteroatoms. The minimum atomic E-state index is -0.382. The van der Waals surface area contributed by atoms with Crippen LogP contribution in [0.4, 0.5) is 0 Å². The molecule has 0 fully saturated rings. The van der Waals surface area contributed by atoms with E-state index in [9.17, 15) is 14.4 Å². The molecule has 1 N–H and O–H groups in total. The van der Waals surface area contributed by atoms with Gasteiger partial charge in [0.2, 0.25) is 5.91 Å². The average Bonchev–Trinajstić information content (AvgIpc) is 2.51. The highest BCUT2D eigenvalue weighted by Gasteiger charge is 2.11. The Morgan fingerprint density at radius 1 is 1.23 bits per heavy atom. The molecule has 0 radical (unpaired) electrons. The van der Waals surface area contributed by atoms with Gasteiger partial charge in [0.05, 0.1) is 13.5 Å². The Bertz CT molecular complexity index is 555. The van der Waals surface area contributed by atoms with Crippen LogP contribution in [0.2, 0.25) is 0 Å². The number of carbonyl (C=O) groups excluding carboxylic acids is 3. The van der Waals surface area contributed by atoms with Crippen LogP contribution in [0.15, 0.2) is 35.9 Å². The van der Waals surface area contributed by atoms with Crippen molar-refractivity contribution in [2.45, 2.75) is 13.3 Å². The zero-order valence-electron chi connectivity index (χ0n) is 12.6. The number of esters is 1. The van der Waals surface area contributed by atoms with Crippen LogP contribution in [-0.2, 0) is 19.1 Å². The zero-order chi connectivity index (χ0) is 16.4. The molecule has 0 heterocycles. The van der Waals surface area contributed by atoms with Gasteiger partial charge in [-0.15, -0.1) is 0 Å². The van der Waals surface area contributed by atoms with Crippen molar-refractivity contribution in [3.8, 4) is 0 Å². The Morgan fingerprint density at radius 3 is 2.50 bits per heavy atom. The number of carbonyl (C=O) groups is 3. The Labute approximate surface area is 134 Å². The number of rotatable bonds is 7. The predicted octanol–water partition coefficient (Wildman–Crippen LogP) is 2.03. The molecule has 5 nitrogen and oxygen atoms in total. The quantitative estimate of drug-likeness (QED) is 0.614. The van der Waals surface area contributed by atoms with Crippen molar-refractivity contribution in [3.05, 3.63) is 41.5 Å². The Hall–Kier alpha value is -2.08. The molecule has 0 aliphatic rings. The summed E-state index contributed by atoms with van der Waals surface area (Å²) >= 11 is 1.07. The smallest absolute Gasteiger partial charge is 0.307 e. The summed E-state index contributed by atoms with van der Waals surface area (Å²) in [4.78, 5) is 34.3. The molecule has 0 atom stereocenters. The van der Waals surface area contributed by atoms with Gasteiger partial charge in [0.1, 0.15) is 0 Å². The lowest BCUT2D eigenvalue weighted by Gasteiger charge is -2.08. The second kappa shape index (κ2) is 9.78. The molecule has 1 amide bonds. The van der Waals surface area contributed by atoms with Gasteiger partial charge in [0, 0.05) is 24.8 Å². The molecule has 1 rings (SSSR count). The first kappa shape index (κ1) is 18.0. The summed E-state index contributed by atoms with van der Waals surface area (Å²) in [6.45, 7) is 1.66. The fourth-order valence-corrected chi connectivity index (χ4v) is 2.17. The van der Waals surface area contributed by atoms with Gasteiger partial charge in [-0.05, 0) is 11.6 Å². The maximum absolute atomic E-state index is 12.2. The summed E-state index contributed by atoms with van der Waals surface area (Å²) in [5, 5.41) is 2.60. The van der Waals surface area contributed by atoms with Crippen molar-refractivity contribution >= 4 is 34.8 Å². The number of ether oxygens (including phenoxy) is 1. The number of thioether (sulfide) groups is 1. The van der Waals surface area contributed by atoms with Crippen LogP contribution in [0, 0.1) is 0 Å². The van der Waals surface area contributed by atoms with Gasteiger partial charge in [-0.1, -0.05) is 42.1 Å². The number of benzene rings is 1. The summed E-state index contributed by atoms with van der Waals surface area (Å²) in [5.41, 5.74) is 1.36. The molecule has 1 aromatic rings. The second-order valence-corrected chi connectivity index (χ2v) is 5.59. The van der Waals surface area contributed by atoms with Crippen molar-refractivity contribution in [2.24, 2.45) is 0 Å². The second-order valence-electron chi connectivity index (χ2n) is 4.44. The molecule has 0 aliphatic heterocycles. The monoisotopic (exact) mass is 321 g/mol. The van der Waals surface area contributed by atoms with Gasteiger partial charge in [-0.3, -0.25) is 14.4 Å². The van der Waals surface area contributed by atoms with Crippen LogP contribution in [0.25, 0.3) is 6.08 Å². The third-order valence-electron chi connectivity index (χ3n) is 2.71. The Morgan fingerprint density at radius 2 is 1.91 bits per heavy atom. The van der Waals surface area contributed by atoms with Gasteiger partial charge in [-0.2, -0.15) is 0 Å². The number of nitrogens with one attached hydrogen (secondary N) is 1. The van der Waals surface area contributed by atoms with E-state index in [0.29, 0.717) is 5.57 Å². The fourth-order valence-electron chi connectivity index (χ4n) is 1.60. The number of amides is 1. The first-order chi connectivity index (χ1) is 10.5. The number of hydrogen-bond acceptors (Lipinski definition) is 5. The normalized spacial score (nSPS) is 10.9. The van der Waals surface area contributed by atoms with Crippen LogP contribution >= 0.6 is 11.8 Å². The highest BCUT2D eigenvalue weighted by molar-refractivity contribution is 8.13. The van der Waals surface area contributed by atoms with Crippen molar-refractivity contribution in [3.63, 3.8) is 0 Å². The molecule has 0 spiro atoms. The van der Waals surface area contributed by atoms with Crippen molar-refractivity contribution in [1.82, 2.24) is 5.32 Å². The molecular formula is C16H19NO4S. The van der Waals surface area contributed by atoms with E-state index in [4.69, 9.17) is 0 Å². The summed E-state index contributed by atoms with van der Waals surface area (Å²) < 4.78 is 4.51. The van der Waals surface area contributed by atoms with Crippen LogP contribution in [0.5, 0.6) is 0 Å². The molecule has 0 saturated heterocycles. The lowest BCUT2D eigenvalue weighted by Crippen LogP contribution is -2.28. The lowest BCUT2D eigenvalue weighted by molar-refractivity contribution is -0.140. The maximum atomic E-state index is 12.2. The molecule has 0 aliphatic carbocycles. The van der Waals surface area contributed by atoms with Crippen LogP contribution in [0.3, 0.4) is 0 Å². The maximum Gasteiger partial charge on any atom is 0.307 e. The molecule has 0 saturated carbocycles. The van der Waals surface area contributed by atoms with E-state index in [1.54, 1.807) is 6.08 Å². The van der Waals surface area contributed by atoms with Crippen molar-refractivity contribution < 1.29 is 19.1 Å². The third kappa shape index (κ3) is 7.08. The molecule has 1 aromatic carbocycles. The molecule has 22 heavy (non-hydrogen) atoms. The predicted molar refractivity (Wildman–Crippen MR) is 87.2 cm³/mol. The van der Waals surface area contributed by atoms with Gasteiger partial charge in [-0.25, -0.2) is 0 Å². The lowest BCUT2D eigenvalue weighted by atomic mass is 10.1. The van der Waals surface area contributed by atoms with E-state index in [-0.39, 0.29) is 35.7 Å². The van der Waals surface area contributed by atoms with E-state index < -0.39 is 0 Å². The van der Waals surface area contributed by atoms with E-state index in [1.807, 2.05) is 30.3 Å². The highest BCUT2D eigenvalue weighted by atomic mass is 32.2. The fraction of sp³-hybridized carbons (Fsp3) is 0.312. The van der Waals surface area contributed by atoms with Gasteiger partial charge >= 0.3 is 5.97 Å². The van der Waals surface area contributed by atoms with Crippen LogP contribution in [-0.4, -0.2) is 36.4 Å². The Balaban J connectivity index is 2.72. The molecule has 118 valence electrons. The number of methoxy groups -OCH3 is 1. The first-order valence-electron chi connectivity index (χ1n) is 6.77.